The first-order valence-corrected chi connectivity index (χ1v) is 6.08. The Morgan fingerprint density at radius 1 is 1.65 bits per heavy atom. The van der Waals surface area contributed by atoms with Crippen molar-refractivity contribution in [1.82, 2.24) is 15.6 Å². The Balaban J connectivity index is 1.99. The lowest BCUT2D eigenvalue weighted by Gasteiger charge is -2.25. The molecule has 0 saturated carbocycles. The van der Waals surface area contributed by atoms with Gasteiger partial charge in [-0.25, -0.2) is 0 Å². The first kappa shape index (κ1) is 12.0. The van der Waals surface area contributed by atoms with E-state index in [1.54, 1.807) is 12.4 Å². The molecule has 2 rings (SSSR count). The van der Waals surface area contributed by atoms with Crippen molar-refractivity contribution in [2.45, 2.75) is 38.3 Å². The second kappa shape index (κ2) is 4.84. The SMILES string of the molecule is C[C@@H](NC(=O)C1(C)CCCN1)c1cccnc1. The summed E-state index contributed by atoms with van der Waals surface area (Å²) < 4.78 is 0. The molecule has 1 aliphatic rings. The fourth-order valence-corrected chi connectivity index (χ4v) is 2.16. The van der Waals surface area contributed by atoms with Gasteiger partial charge in [0.1, 0.15) is 0 Å². The van der Waals surface area contributed by atoms with Crippen LogP contribution in [0.4, 0.5) is 0 Å². The summed E-state index contributed by atoms with van der Waals surface area (Å²) in [6.45, 7) is 4.86. The molecule has 2 N–H and O–H groups in total. The molecular weight excluding hydrogens is 214 g/mol. The van der Waals surface area contributed by atoms with E-state index >= 15 is 0 Å². The molecule has 92 valence electrons. The maximum atomic E-state index is 12.2. The molecule has 0 aliphatic carbocycles. The van der Waals surface area contributed by atoms with Crippen LogP contribution in [0.25, 0.3) is 0 Å². The normalized spacial score (nSPS) is 25.5. The molecule has 0 bridgehead atoms. The average molecular weight is 233 g/mol. The molecule has 1 amide bonds. The lowest BCUT2D eigenvalue weighted by Crippen LogP contribution is -2.51. The topological polar surface area (TPSA) is 54.0 Å². The van der Waals surface area contributed by atoms with Gasteiger partial charge in [-0.05, 0) is 44.9 Å². The number of carbonyl (C=O) groups excluding carboxylic acids is 1. The van der Waals surface area contributed by atoms with Crippen LogP contribution in [0.2, 0.25) is 0 Å². The number of nitrogens with zero attached hydrogens (tertiary/aromatic N) is 1. The Hall–Kier alpha value is -1.42. The molecule has 1 saturated heterocycles. The maximum Gasteiger partial charge on any atom is 0.240 e. The van der Waals surface area contributed by atoms with Crippen LogP contribution in [0, 0.1) is 0 Å². The van der Waals surface area contributed by atoms with Gasteiger partial charge in [-0.3, -0.25) is 9.78 Å². The molecule has 0 aromatic carbocycles. The molecular formula is C13H19N3O. The van der Waals surface area contributed by atoms with E-state index in [1.807, 2.05) is 26.0 Å². The zero-order chi connectivity index (χ0) is 12.3. The zero-order valence-electron chi connectivity index (χ0n) is 10.4. The molecule has 0 spiro atoms. The summed E-state index contributed by atoms with van der Waals surface area (Å²) in [7, 11) is 0. The summed E-state index contributed by atoms with van der Waals surface area (Å²) in [5.41, 5.74) is 0.624. The Morgan fingerprint density at radius 3 is 3.06 bits per heavy atom. The maximum absolute atomic E-state index is 12.2. The minimum Gasteiger partial charge on any atom is -0.348 e. The smallest absolute Gasteiger partial charge is 0.240 e. The molecule has 17 heavy (non-hydrogen) atoms. The summed E-state index contributed by atoms with van der Waals surface area (Å²) in [5, 5.41) is 6.30. The number of hydrogen-bond acceptors (Lipinski definition) is 3. The van der Waals surface area contributed by atoms with Crippen LogP contribution in [0.15, 0.2) is 24.5 Å². The van der Waals surface area contributed by atoms with Gasteiger partial charge in [-0.1, -0.05) is 6.07 Å². The fraction of sp³-hybridized carbons (Fsp3) is 0.538. The van der Waals surface area contributed by atoms with Crippen molar-refractivity contribution >= 4 is 5.91 Å². The monoisotopic (exact) mass is 233 g/mol. The molecule has 1 fully saturated rings. The summed E-state index contributed by atoms with van der Waals surface area (Å²) in [6, 6.07) is 3.85. The molecule has 1 aromatic rings. The van der Waals surface area contributed by atoms with E-state index in [4.69, 9.17) is 0 Å². The predicted molar refractivity (Wildman–Crippen MR) is 66.4 cm³/mol. The van der Waals surface area contributed by atoms with Crippen molar-refractivity contribution in [1.29, 1.82) is 0 Å². The predicted octanol–water partition coefficient (Wildman–Crippen LogP) is 1.40. The minimum atomic E-state index is -0.406. The van der Waals surface area contributed by atoms with Gasteiger partial charge in [0, 0.05) is 12.4 Å². The molecule has 1 aromatic heterocycles. The van der Waals surface area contributed by atoms with Crippen molar-refractivity contribution in [2.24, 2.45) is 0 Å². The van der Waals surface area contributed by atoms with Crippen LogP contribution in [-0.4, -0.2) is 23.0 Å². The van der Waals surface area contributed by atoms with Gasteiger partial charge in [-0.2, -0.15) is 0 Å². The van der Waals surface area contributed by atoms with Gasteiger partial charge in [-0.15, -0.1) is 0 Å². The average Bonchev–Trinajstić information content (AvgIpc) is 2.78. The van der Waals surface area contributed by atoms with Crippen molar-refractivity contribution in [2.75, 3.05) is 6.54 Å². The third kappa shape index (κ3) is 2.64. The Morgan fingerprint density at radius 2 is 2.47 bits per heavy atom. The van der Waals surface area contributed by atoms with Gasteiger partial charge in [0.15, 0.2) is 0 Å². The molecule has 2 heterocycles. The summed E-state index contributed by atoms with van der Waals surface area (Å²) in [4.78, 5) is 16.2. The molecule has 2 atom stereocenters. The van der Waals surface area contributed by atoms with Crippen molar-refractivity contribution < 1.29 is 4.79 Å². The van der Waals surface area contributed by atoms with Crippen LogP contribution in [-0.2, 0) is 4.79 Å². The summed E-state index contributed by atoms with van der Waals surface area (Å²) in [5.74, 6) is 0.0753. The van der Waals surface area contributed by atoms with Gasteiger partial charge in [0.05, 0.1) is 11.6 Å². The number of aromatic nitrogens is 1. The number of nitrogens with one attached hydrogen (secondary N) is 2. The van der Waals surface area contributed by atoms with Gasteiger partial charge in [0.2, 0.25) is 5.91 Å². The summed E-state index contributed by atoms with van der Waals surface area (Å²) >= 11 is 0. The molecule has 4 heteroatoms. The van der Waals surface area contributed by atoms with E-state index in [2.05, 4.69) is 15.6 Å². The van der Waals surface area contributed by atoms with Crippen molar-refractivity contribution in [3.05, 3.63) is 30.1 Å². The van der Waals surface area contributed by atoms with E-state index in [9.17, 15) is 4.79 Å². The summed E-state index contributed by atoms with van der Waals surface area (Å²) in [6.07, 6.45) is 5.48. The first-order chi connectivity index (χ1) is 8.12. The lowest BCUT2D eigenvalue weighted by atomic mass is 9.98. The van der Waals surface area contributed by atoms with Crippen LogP contribution in [0.3, 0.4) is 0 Å². The Bertz CT molecular complexity index is 385. The quantitative estimate of drug-likeness (QED) is 0.829. The third-order valence-electron chi connectivity index (χ3n) is 3.40. The van der Waals surface area contributed by atoms with Crippen molar-refractivity contribution in [3.8, 4) is 0 Å². The highest BCUT2D eigenvalue weighted by Gasteiger charge is 2.36. The number of hydrogen-bond donors (Lipinski definition) is 2. The largest absolute Gasteiger partial charge is 0.348 e. The second-order valence-electron chi connectivity index (χ2n) is 4.84. The van der Waals surface area contributed by atoms with E-state index in [1.165, 1.54) is 0 Å². The van der Waals surface area contributed by atoms with Gasteiger partial charge in [0.25, 0.3) is 0 Å². The lowest BCUT2D eigenvalue weighted by molar-refractivity contribution is -0.127. The number of amides is 1. The van der Waals surface area contributed by atoms with E-state index < -0.39 is 5.54 Å². The van der Waals surface area contributed by atoms with E-state index in [0.29, 0.717) is 0 Å². The van der Waals surface area contributed by atoms with E-state index in [-0.39, 0.29) is 11.9 Å². The Labute approximate surface area is 102 Å². The number of rotatable bonds is 3. The minimum absolute atomic E-state index is 0.00424. The van der Waals surface area contributed by atoms with Crippen LogP contribution >= 0.6 is 0 Å². The molecule has 1 aliphatic heterocycles. The Kier molecular flexibility index (Phi) is 3.43. The zero-order valence-corrected chi connectivity index (χ0v) is 10.4. The second-order valence-corrected chi connectivity index (χ2v) is 4.84. The number of pyridine rings is 1. The van der Waals surface area contributed by atoms with Gasteiger partial charge >= 0.3 is 0 Å². The highest BCUT2D eigenvalue weighted by Crippen LogP contribution is 2.20. The highest BCUT2D eigenvalue weighted by molar-refractivity contribution is 5.86. The highest BCUT2D eigenvalue weighted by atomic mass is 16.2. The molecule has 4 nitrogen and oxygen atoms in total. The molecule has 0 radical (unpaired) electrons. The van der Waals surface area contributed by atoms with Crippen LogP contribution in [0.1, 0.15) is 38.3 Å². The van der Waals surface area contributed by atoms with Crippen LogP contribution < -0.4 is 10.6 Å². The fourth-order valence-electron chi connectivity index (χ4n) is 2.16. The van der Waals surface area contributed by atoms with E-state index in [0.717, 1.165) is 24.9 Å². The first-order valence-electron chi connectivity index (χ1n) is 6.08. The van der Waals surface area contributed by atoms with Crippen LogP contribution in [0.5, 0.6) is 0 Å². The standard InChI is InChI=1S/C13H19N3O/c1-10(11-5-3-7-14-9-11)16-12(17)13(2)6-4-8-15-13/h3,5,7,9-10,15H,4,6,8H2,1-2H3,(H,16,17)/t10-,13?/m1/s1. The van der Waals surface area contributed by atoms with Gasteiger partial charge < -0.3 is 10.6 Å². The van der Waals surface area contributed by atoms with Crippen molar-refractivity contribution in [3.63, 3.8) is 0 Å². The molecule has 1 unspecified atom stereocenters. The third-order valence-corrected chi connectivity index (χ3v) is 3.40. The number of carbonyl (C=O) groups is 1.